The number of hydrogen-bond donors (Lipinski definition) is 0. The average Bonchev–Trinajstić information content (AvgIpc) is 2.50. The highest BCUT2D eigenvalue weighted by molar-refractivity contribution is 5.74. The lowest BCUT2D eigenvalue weighted by Gasteiger charge is -2.23. The maximum Gasteiger partial charge on any atom is 0.347 e. The molecule has 0 radical (unpaired) electrons. The molecule has 1 aliphatic rings. The van der Waals surface area contributed by atoms with E-state index in [1.54, 1.807) is 6.92 Å². The molecule has 3 nitrogen and oxygen atoms in total. The first-order chi connectivity index (χ1) is 10.2. The molecule has 0 amide bonds. The van der Waals surface area contributed by atoms with E-state index in [-0.39, 0.29) is 12.1 Å². The minimum absolute atomic E-state index is 0.0873. The molecule has 3 heteroatoms. The quantitative estimate of drug-likeness (QED) is 0.733. The Kier molecular flexibility index (Phi) is 6.09. The van der Waals surface area contributed by atoms with E-state index >= 15 is 0 Å². The zero-order valence-corrected chi connectivity index (χ0v) is 13.1. The third-order valence-electron chi connectivity index (χ3n) is 3.94. The van der Waals surface area contributed by atoms with Crippen molar-refractivity contribution in [3.8, 4) is 5.75 Å². The minimum Gasteiger partial charge on any atom is -0.479 e. The molecule has 1 unspecified atom stereocenters. The van der Waals surface area contributed by atoms with Crippen LogP contribution in [0, 0.1) is 0 Å². The summed E-state index contributed by atoms with van der Waals surface area (Å²) in [4.78, 5) is 12.0. The number of carbonyl (C=O) groups excluding carboxylic acids is 1. The maximum atomic E-state index is 12.0. The van der Waals surface area contributed by atoms with Gasteiger partial charge < -0.3 is 9.47 Å². The van der Waals surface area contributed by atoms with Crippen LogP contribution in [0.3, 0.4) is 0 Å². The van der Waals surface area contributed by atoms with Crippen molar-refractivity contribution in [1.82, 2.24) is 0 Å². The van der Waals surface area contributed by atoms with Crippen molar-refractivity contribution < 1.29 is 14.3 Å². The fourth-order valence-corrected chi connectivity index (χ4v) is 2.72. The molecule has 1 saturated carbocycles. The van der Waals surface area contributed by atoms with Gasteiger partial charge in [-0.1, -0.05) is 31.9 Å². The molecule has 0 aromatic heterocycles. The van der Waals surface area contributed by atoms with Crippen LogP contribution in [0.5, 0.6) is 5.75 Å². The van der Waals surface area contributed by atoms with E-state index in [1.807, 2.05) is 12.1 Å². The zero-order valence-electron chi connectivity index (χ0n) is 13.1. The minimum atomic E-state index is -0.552. The van der Waals surface area contributed by atoms with Gasteiger partial charge in [0.15, 0.2) is 6.10 Å². The number of esters is 1. The number of carbonyl (C=O) groups is 1. The highest BCUT2D eigenvalue weighted by atomic mass is 16.6. The SMILES string of the molecule is CCCc1ccc(OC(C)C(=O)OC2CCCCC2)cc1. The summed E-state index contributed by atoms with van der Waals surface area (Å²) in [5.74, 6) is 0.475. The number of rotatable bonds is 6. The summed E-state index contributed by atoms with van der Waals surface area (Å²) in [5.41, 5.74) is 1.29. The molecule has 0 aliphatic heterocycles. The van der Waals surface area contributed by atoms with E-state index in [0.29, 0.717) is 0 Å². The standard InChI is InChI=1S/C18H26O3/c1-3-7-15-10-12-17(13-11-15)20-14(2)18(19)21-16-8-5-4-6-9-16/h10-14,16H,3-9H2,1-2H3. The molecule has 0 spiro atoms. The molecule has 1 atom stereocenters. The van der Waals surface area contributed by atoms with Crippen LogP contribution in [0.25, 0.3) is 0 Å². The zero-order chi connectivity index (χ0) is 15.1. The summed E-state index contributed by atoms with van der Waals surface area (Å²) in [5, 5.41) is 0. The Hall–Kier alpha value is -1.51. The van der Waals surface area contributed by atoms with Crippen molar-refractivity contribution in [1.29, 1.82) is 0 Å². The van der Waals surface area contributed by atoms with E-state index < -0.39 is 6.10 Å². The van der Waals surface area contributed by atoms with Gasteiger partial charge in [-0.3, -0.25) is 0 Å². The summed E-state index contributed by atoms with van der Waals surface area (Å²) in [6.07, 6.45) is 7.29. The van der Waals surface area contributed by atoms with Crippen LogP contribution in [0.4, 0.5) is 0 Å². The molecule has 0 N–H and O–H groups in total. The van der Waals surface area contributed by atoms with Gasteiger partial charge in [-0.2, -0.15) is 0 Å². The Morgan fingerprint density at radius 1 is 1.19 bits per heavy atom. The lowest BCUT2D eigenvalue weighted by Crippen LogP contribution is -2.31. The smallest absolute Gasteiger partial charge is 0.347 e. The van der Waals surface area contributed by atoms with Crippen LogP contribution >= 0.6 is 0 Å². The van der Waals surface area contributed by atoms with Crippen molar-refractivity contribution in [2.45, 2.75) is 71.0 Å². The van der Waals surface area contributed by atoms with Gasteiger partial charge >= 0.3 is 5.97 Å². The average molecular weight is 290 g/mol. The van der Waals surface area contributed by atoms with E-state index in [2.05, 4.69) is 19.1 Å². The molecular weight excluding hydrogens is 264 g/mol. The van der Waals surface area contributed by atoms with Crippen LogP contribution in [0.2, 0.25) is 0 Å². The number of ether oxygens (including phenoxy) is 2. The first kappa shape index (κ1) is 15.9. The van der Waals surface area contributed by atoms with Crippen LogP contribution in [-0.4, -0.2) is 18.2 Å². The van der Waals surface area contributed by atoms with E-state index in [0.717, 1.165) is 44.3 Å². The van der Waals surface area contributed by atoms with Crippen LogP contribution in [-0.2, 0) is 16.0 Å². The second kappa shape index (κ2) is 8.06. The van der Waals surface area contributed by atoms with Gasteiger partial charge in [-0.05, 0) is 56.7 Å². The second-order valence-electron chi connectivity index (χ2n) is 5.85. The fraction of sp³-hybridized carbons (Fsp3) is 0.611. The number of aryl methyl sites for hydroxylation is 1. The lowest BCUT2D eigenvalue weighted by molar-refractivity contribution is -0.158. The van der Waals surface area contributed by atoms with Crippen molar-refractivity contribution >= 4 is 5.97 Å². The molecular formula is C18H26O3. The fourth-order valence-electron chi connectivity index (χ4n) is 2.72. The Morgan fingerprint density at radius 2 is 1.86 bits per heavy atom. The van der Waals surface area contributed by atoms with E-state index in [1.165, 1.54) is 12.0 Å². The van der Waals surface area contributed by atoms with E-state index in [9.17, 15) is 4.79 Å². The van der Waals surface area contributed by atoms with Crippen LogP contribution in [0.15, 0.2) is 24.3 Å². The van der Waals surface area contributed by atoms with Crippen LogP contribution in [0.1, 0.15) is 57.9 Å². The summed E-state index contributed by atoms with van der Waals surface area (Å²) < 4.78 is 11.2. The van der Waals surface area contributed by atoms with Crippen molar-refractivity contribution in [2.24, 2.45) is 0 Å². The summed E-state index contributed by atoms with van der Waals surface area (Å²) in [6.45, 7) is 3.92. The Balaban J connectivity index is 1.81. The van der Waals surface area contributed by atoms with Crippen molar-refractivity contribution in [3.63, 3.8) is 0 Å². The van der Waals surface area contributed by atoms with Crippen molar-refractivity contribution in [2.75, 3.05) is 0 Å². The molecule has 116 valence electrons. The summed E-state index contributed by atoms with van der Waals surface area (Å²) in [6, 6.07) is 7.96. The van der Waals surface area contributed by atoms with Gasteiger partial charge in [0.1, 0.15) is 11.9 Å². The Labute approximate surface area is 127 Å². The van der Waals surface area contributed by atoms with Crippen LogP contribution < -0.4 is 4.74 Å². The van der Waals surface area contributed by atoms with Crippen molar-refractivity contribution in [3.05, 3.63) is 29.8 Å². The molecule has 2 rings (SSSR count). The molecule has 0 bridgehead atoms. The first-order valence-electron chi connectivity index (χ1n) is 8.15. The monoisotopic (exact) mass is 290 g/mol. The highest BCUT2D eigenvalue weighted by Gasteiger charge is 2.22. The summed E-state index contributed by atoms with van der Waals surface area (Å²) >= 11 is 0. The molecule has 1 fully saturated rings. The molecule has 1 aliphatic carbocycles. The lowest BCUT2D eigenvalue weighted by atomic mass is 9.98. The van der Waals surface area contributed by atoms with Gasteiger partial charge in [0.05, 0.1) is 0 Å². The molecule has 1 aromatic rings. The van der Waals surface area contributed by atoms with Gasteiger partial charge in [-0.25, -0.2) is 4.79 Å². The van der Waals surface area contributed by atoms with Gasteiger partial charge in [-0.15, -0.1) is 0 Å². The van der Waals surface area contributed by atoms with Gasteiger partial charge in [0, 0.05) is 0 Å². The number of benzene rings is 1. The molecule has 0 heterocycles. The van der Waals surface area contributed by atoms with Gasteiger partial charge in [0.25, 0.3) is 0 Å². The third kappa shape index (κ3) is 5.07. The summed E-state index contributed by atoms with van der Waals surface area (Å²) in [7, 11) is 0. The second-order valence-corrected chi connectivity index (χ2v) is 5.85. The predicted molar refractivity (Wildman–Crippen MR) is 83.5 cm³/mol. The molecule has 21 heavy (non-hydrogen) atoms. The third-order valence-corrected chi connectivity index (χ3v) is 3.94. The first-order valence-corrected chi connectivity index (χ1v) is 8.15. The Morgan fingerprint density at radius 3 is 2.48 bits per heavy atom. The largest absolute Gasteiger partial charge is 0.479 e. The number of hydrogen-bond acceptors (Lipinski definition) is 3. The Bertz CT molecular complexity index is 432. The predicted octanol–water partition coefficient (Wildman–Crippen LogP) is 4.28. The van der Waals surface area contributed by atoms with Gasteiger partial charge in [0.2, 0.25) is 0 Å². The topological polar surface area (TPSA) is 35.5 Å². The van der Waals surface area contributed by atoms with E-state index in [4.69, 9.17) is 9.47 Å². The normalized spacial score (nSPS) is 17.2. The highest BCUT2D eigenvalue weighted by Crippen LogP contribution is 2.21. The molecule has 0 saturated heterocycles. The molecule has 1 aromatic carbocycles. The maximum absolute atomic E-state index is 12.0.